The Morgan fingerprint density at radius 3 is 2.52 bits per heavy atom. The average molecular weight is 388 g/mol. The van der Waals surface area contributed by atoms with Crippen LogP contribution in [0.25, 0.3) is 0 Å². The lowest BCUT2D eigenvalue weighted by molar-refractivity contribution is -0.152. The van der Waals surface area contributed by atoms with Gasteiger partial charge in [0.15, 0.2) is 12.2 Å². The maximum absolute atomic E-state index is 11.7. The highest BCUT2D eigenvalue weighted by molar-refractivity contribution is 6.37. The lowest BCUT2D eigenvalue weighted by Crippen LogP contribution is -2.42. The molecule has 0 aromatic carbocycles. The second-order valence-electron chi connectivity index (χ2n) is 6.65. The first kappa shape index (κ1) is 23.6. The van der Waals surface area contributed by atoms with E-state index in [9.17, 15) is 19.8 Å². The number of allylic oxidation sites excluding steroid dienone is 1. The van der Waals surface area contributed by atoms with Gasteiger partial charge in [-0.25, -0.2) is 4.79 Å². The molecule has 0 aliphatic carbocycles. The van der Waals surface area contributed by atoms with Gasteiger partial charge in [-0.15, -0.1) is 0 Å². The molecule has 1 heterocycles. The molecule has 4 atom stereocenters. The number of carbonyl (C=O) groups excluding carboxylic acids is 2. The topological polar surface area (TPSA) is 123 Å². The first-order chi connectivity index (χ1) is 13.0. The van der Waals surface area contributed by atoms with Crippen molar-refractivity contribution < 1.29 is 39.1 Å². The molecule has 8 nitrogen and oxygen atoms in total. The molecule has 1 rings (SSSR count). The number of cyclic esters (lactones) is 1. The summed E-state index contributed by atoms with van der Waals surface area (Å²) in [6, 6.07) is 0. The van der Waals surface area contributed by atoms with Crippen LogP contribution >= 0.6 is 0 Å². The summed E-state index contributed by atoms with van der Waals surface area (Å²) in [5, 5.41) is 28.3. The molecule has 8 heteroatoms. The van der Waals surface area contributed by atoms with E-state index in [1.165, 1.54) is 38.4 Å². The normalized spacial score (nSPS) is 22.2. The molecule has 0 spiro atoms. The fraction of sp³-hybridized carbons (Fsp3) is 0.789. The summed E-state index contributed by atoms with van der Waals surface area (Å²) in [5.74, 6) is -2.07. The van der Waals surface area contributed by atoms with E-state index in [2.05, 4.69) is 6.92 Å². The minimum absolute atomic E-state index is 0.0318. The smallest absolute Gasteiger partial charge is 0.378 e. The van der Waals surface area contributed by atoms with E-state index in [0.717, 1.165) is 12.8 Å². The van der Waals surface area contributed by atoms with Gasteiger partial charge in [0.25, 0.3) is 5.78 Å². The molecule has 27 heavy (non-hydrogen) atoms. The van der Waals surface area contributed by atoms with Crippen LogP contribution in [0.2, 0.25) is 0 Å². The summed E-state index contributed by atoms with van der Waals surface area (Å²) in [6.07, 6.45) is 6.60. The maximum Gasteiger partial charge on any atom is 0.378 e. The molecule has 0 radical (unpaired) electrons. The largest absolute Gasteiger partial charge is 0.499 e. The zero-order chi connectivity index (χ0) is 20.1. The van der Waals surface area contributed by atoms with Gasteiger partial charge in [-0.1, -0.05) is 39.0 Å². The molecule has 1 saturated heterocycles. The van der Waals surface area contributed by atoms with Crippen LogP contribution < -0.4 is 0 Å². The number of ketones is 1. The number of hydrogen-bond acceptors (Lipinski definition) is 8. The molecule has 156 valence electrons. The fourth-order valence-corrected chi connectivity index (χ4v) is 2.67. The second kappa shape index (κ2) is 13.7. The highest BCUT2D eigenvalue weighted by Gasteiger charge is 2.48. The van der Waals surface area contributed by atoms with Crippen LogP contribution in [0.3, 0.4) is 0 Å². The summed E-state index contributed by atoms with van der Waals surface area (Å²) in [5.41, 5.74) is 0. The molecule has 2 unspecified atom stereocenters. The van der Waals surface area contributed by atoms with Crippen molar-refractivity contribution in [2.75, 3.05) is 19.8 Å². The predicted molar refractivity (Wildman–Crippen MR) is 96.8 cm³/mol. The van der Waals surface area contributed by atoms with E-state index in [4.69, 9.17) is 19.3 Å². The van der Waals surface area contributed by atoms with Crippen LogP contribution in [-0.4, -0.2) is 71.3 Å². The molecule has 0 amide bonds. The number of carbonyl (C=O) groups is 2. The molecule has 1 aliphatic heterocycles. The van der Waals surface area contributed by atoms with Crippen LogP contribution in [0, 0.1) is 0 Å². The van der Waals surface area contributed by atoms with Gasteiger partial charge in [0.1, 0.15) is 18.8 Å². The van der Waals surface area contributed by atoms with E-state index in [1.54, 1.807) is 0 Å². The number of Topliss-reactive ketones (excluding diaryl/α,β-unsaturated/α-hetero) is 1. The van der Waals surface area contributed by atoms with Gasteiger partial charge in [-0.2, -0.15) is 0 Å². The first-order valence-electron chi connectivity index (χ1n) is 9.61. The minimum Gasteiger partial charge on any atom is -0.499 e. The molecular formula is C19H32O8. The molecule has 0 bridgehead atoms. The summed E-state index contributed by atoms with van der Waals surface area (Å²) >= 11 is 0. The van der Waals surface area contributed by atoms with Gasteiger partial charge in [-0.3, -0.25) is 4.79 Å². The Morgan fingerprint density at radius 2 is 1.81 bits per heavy atom. The fourth-order valence-electron chi connectivity index (χ4n) is 2.67. The van der Waals surface area contributed by atoms with E-state index in [0.29, 0.717) is 0 Å². The van der Waals surface area contributed by atoms with Crippen molar-refractivity contribution in [2.45, 2.75) is 76.3 Å². The highest BCUT2D eigenvalue weighted by Crippen LogP contribution is 2.19. The van der Waals surface area contributed by atoms with E-state index >= 15 is 0 Å². The predicted octanol–water partition coefficient (Wildman–Crippen LogP) is 0.861. The SMILES string of the molecule is CCCCCCCCC=COCC(O)COC1C(=O)C(=O)O[C@@H]1[C@@H](O)CO. The van der Waals surface area contributed by atoms with Gasteiger partial charge < -0.3 is 29.5 Å². The number of aliphatic hydroxyl groups is 3. The van der Waals surface area contributed by atoms with Crippen molar-refractivity contribution in [1.29, 1.82) is 0 Å². The maximum atomic E-state index is 11.7. The number of hydrogen-bond donors (Lipinski definition) is 3. The Bertz CT molecular complexity index is 465. The summed E-state index contributed by atoms with van der Waals surface area (Å²) < 4.78 is 15.1. The zero-order valence-electron chi connectivity index (χ0n) is 15.9. The summed E-state index contributed by atoms with van der Waals surface area (Å²) in [7, 11) is 0. The number of unbranched alkanes of at least 4 members (excludes halogenated alkanes) is 6. The lowest BCUT2D eigenvalue weighted by atomic mass is 10.1. The Labute approximate surface area is 160 Å². The van der Waals surface area contributed by atoms with Crippen molar-refractivity contribution in [3.05, 3.63) is 12.3 Å². The Balaban J connectivity index is 2.17. The molecule has 1 fully saturated rings. The van der Waals surface area contributed by atoms with Gasteiger partial charge in [0.05, 0.1) is 19.5 Å². The second-order valence-corrected chi connectivity index (χ2v) is 6.65. The Hall–Kier alpha value is -1.48. The van der Waals surface area contributed by atoms with Crippen LogP contribution in [-0.2, 0) is 23.8 Å². The zero-order valence-corrected chi connectivity index (χ0v) is 15.9. The van der Waals surface area contributed by atoms with E-state index in [1.807, 2.05) is 6.08 Å². The van der Waals surface area contributed by atoms with Gasteiger partial charge in [0, 0.05) is 0 Å². The molecule has 0 aromatic heterocycles. The minimum atomic E-state index is -1.43. The van der Waals surface area contributed by atoms with Crippen molar-refractivity contribution in [2.24, 2.45) is 0 Å². The molecule has 1 aliphatic rings. The number of esters is 1. The lowest BCUT2D eigenvalue weighted by Gasteiger charge is -2.21. The van der Waals surface area contributed by atoms with Gasteiger partial charge in [-0.05, 0) is 18.9 Å². The number of rotatable bonds is 15. The number of aliphatic hydroxyl groups excluding tert-OH is 3. The van der Waals surface area contributed by atoms with Gasteiger partial charge >= 0.3 is 5.97 Å². The third-order valence-electron chi connectivity index (χ3n) is 4.24. The van der Waals surface area contributed by atoms with Crippen LogP contribution in [0.4, 0.5) is 0 Å². The molecule has 3 N–H and O–H groups in total. The summed E-state index contributed by atoms with van der Waals surface area (Å²) in [6.45, 7) is 1.21. The Morgan fingerprint density at radius 1 is 1.11 bits per heavy atom. The third-order valence-corrected chi connectivity index (χ3v) is 4.24. The van der Waals surface area contributed by atoms with Crippen LogP contribution in [0.1, 0.15) is 51.9 Å². The number of ether oxygens (including phenoxy) is 3. The monoisotopic (exact) mass is 388 g/mol. The van der Waals surface area contributed by atoms with Gasteiger partial charge in [0.2, 0.25) is 0 Å². The molecular weight excluding hydrogens is 356 g/mol. The van der Waals surface area contributed by atoms with E-state index in [-0.39, 0.29) is 13.2 Å². The third kappa shape index (κ3) is 8.83. The standard InChI is InChI=1S/C19H32O8/c1-2-3-4-5-6-7-8-9-10-25-12-14(21)13-26-18-16(23)19(24)27-17(18)15(22)11-20/h9-10,14-15,17-18,20-22H,2-8,11-13H2,1H3/t14?,15-,17+,18?/m0/s1. The van der Waals surface area contributed by atoms with Crippen LogP contribution in [0.15, 0.2) is 12.3 Å². The molecule has 0 saturated carbocycles. The van der Waals surface area contributed by atoms with Crippen molar-refractivity contribution in [1.82, 2.24) is 0 Å². The van der Waals surface area contributed by atoms with E-state index < -0.39 is 42.8 Å². The first-order valence-corrected chi connectivity index (χ1v) is 9.61. The van der Waals surface area contributed by atoms with Crippen LogP contribution in [0.5, 0.6) is 0 Å². The summed E-state index contributed by atoms with van der Waals surface area (Å²) in [4.78, 5) is 23.0. The average Bonchev–Trinajstić information content (AvgIpc) is 2.95. The molecule has 0 aromatic rings. The Kier molecular flexibility index (Phi) is 11.9. The van der Waals surface area contributed by atoms with Crippen molar-refractivity contribution in [3.8, 4) is 0 Å². The quantitative estimate of drug-likeness (QED) is 0.163. The van der Waals surface area contributed by atoms with Crippen molar-refractivity contribution >= 4 is 11.8 Å². The highest BCUT2D eigenvalue weighted by atomic mass is 16.6. The van der Waals surface area contributed by atoms with Crippen molar-refractivity contribution in [3.63, 3.8) is 0 Å².